The number of hydrogen-bond acceptors (Lipinski definition) is 1. The van der Waals surface area contributed by atoms with Crippen molar-refractivity contribution in [2.75, 3.05) is 5.33 Å². The highest BCUT2D eigenvalue weighted by Crippen LogP contribution is 2.00. The molecule has 0 aliphatic heterocycles. The highest BCUT2D eigenvalue weighted by Gasteiger charge is 1.89. The minimum atomic E-state index is 1.10. The first-order chi connectivity index (χ1) is 5.43. The summed E-state index contributed by atoms with van der Waals surface area (Å²) >= 11 is 3.41. The van der Waals surface area contributed by atoms with Gasteiger partial charge >= 0.3 is 0 Å². The Labute approximate surface area is 75.8 Å². The third kappa shape index (κ3) is 3.56. The summed E-state index contributed by atoms with van der Waals surface area (Å²) in [7, 11) is 0. The lowest BCUT2D eigenvalue weighted by atomic mass is 10.2. The Morgan fingerprint density at radius 1 is 1.27 bits per heavy atom. The molecule has 0 amide bonds. The smallest absolute Gasteiger partial charge is 0.0945 e. The zero-order chi connectivity index (χ0) is 7.94. The van der Waals surface area contributed by atoms with Crippen molar-refractivity contribution in [3.63, 3.8) is 0 Å². The van der Waals surface area contributed by atoms with Gasteiger partial charge in [0.05, 0.1) is 6.33 Å². The number of alkyl halides is 1. The number of aromatic nitrogens is 2. The second kappa shape index (κ2) is 5.35. The molecule has 0 bridgehead atoms. The molecule has 11 heavy (non-hydrogen) atoms. The lowest BCUT2D eigenvalue weighted by Gasteiger charge is -1.99. The molecule has 1 rings (SSSR count). The highest BCUT2D eigenvalue weighted by molar-refractivity contribution is 9.09. The fourth-order valence-corrected chi connectivity index (χ4v) is 1.38. The van der Waals surface area contributed by atoms with Crippen molar-refractivity contribution in [3.05, 3.63) is 18.7 Å². The summed E-state index contributed by atoms with van der Waals surface area (Å²) in [5.41, 5.74) is 0. The molecule has 0 aromatic carbocycles. The molecule has 2 nitrogen and oxygen atoms in total. The van der Waals surface area contributed by atoms with Crippen LogP contribution in [-0.2, 0) is 6.54 Å². The molecular weight excluding hydrogens is 204 g/mol. The minimum absolute atomic E-state index is 1.10. The molecule has 0 aliphatic rings. The number of unbranched alkanes of at least 4 members (excludes halogenated alkanes) is 2. The number of hydrogen-bond donors (Lipinski definition) is 0. The monoisotopic (exact) mass is 216 g/mol. The molecular formula is C8H13BrN2. The number of imidazole rings is 1. The van der Waals surface area contributed by atoms with E-state index in [0.717, 1.165) is 11.9 Å². The van der Waals surface area contributed by atoms with Crippen LogP contribution in [0.5, 0.6) is 0 Å². The van der Waals surface area contributed by atoms with Gasteiger partial charge < -0.3 is 4.57 Å². The van der Waals surface area contributed by atoms with Gasteiger partial charge in [-0.3, -0.25) is 0 Å². The quantitative estimate of drug-likeness (QED) is 0.547. The Bertz CT molecular complexity index is 172. The van der Waals surface area contributed by atoms with Gasteiger partial charge in [0.2, 0.25) is 0 Å². The number of aryl methyl sites for hydroxylation is 1. The molecule has 0 atom stereocenters. The molecule has 0 saturated heterocycles. The van der Waals surface area contributed by atoms with Crippen LogP contribution in [-0.4, -0.2) is 14.9 Å². The van der Waals surface area contributed by atoms with E-state index in [-0.39, 0.29) is 0 Å². The van der Waals surface area contributed by atoms with Crippen LogP contribution in [0.1, 0.15) is 19.3 Å². The lowest BCUT2D eigenvalue weighted by Crippen LogP contribution is -1.93. The molecule has 0 unspecified atom stereocenters. The van der Waals surface area contributed by atoms with Gasteiger partial charge in [-0.1, -0.05) is 22.4 Å². The number of nitrogens with zero attached hydrogens (tertiary/aromatic N) is 2. The first kappa shape index (κ1) is 8.78. The van der Waals surface area contributed by atoms with Crippen LogP contribution >= 0.6 is 15.9 Å². The summed E-state index contributed by atoms with van der Waals surface area (Å²) in [5, 5.41) is 1.12. The van der Waals surface area contributed by atoms with Gasteiger partial charge in [0.15, 0.2) is 0 Å². The molecule has 1 aromatic rings. The molecule has 0 aliphatic carbocycles. The first-order valence-corrected chi connectivity index (χ1v) is 5.07. The molecule has 1 heterocycles. The van der Waals surface area contributed by atoms with Crippen LogP contribution in [0.4, 0.5) is 0 Å². The van der Waals surface area contributed by atoms with Crippen LogP contribution in [0, 0.1) is 0 Å². The first-order valence-electron chi connectivity index (χ1n) is 3.95. The van der Waals surface area contributed by atoms with Crippen molar-refractivity contribution in [1.29, 1.82) is 0 Å². The third-order valence-electron chi connectivity index (χ3n) is 1.61. The van der Waals surface area contributed by atoms with E-state index in [1.54, 1.807) is 0 Å². The molecule has 0 N–H and O–H groups in total. The SMILES string of the molecule is BrCCCCCn1ccnc1. The second-order valence-electron chi connectivity index (χ2n) is 2.55. The average molecular weight is 217 g/mol. The maximum atomic E-state index is 3.97. The Balaban J connectivity index is 2.04. The standard InChI is InChI=1S/C8H13BrN2/c9-4-2-1-3-6-11-7-5-10-8-11/h5,7-8H,1-4,6H2. The normalized spacial score (nSPS) is 10.3. The van der Waals surface area contributed by atoms with Gasteiger partial charge in [-0.25, -0.2) is 4.98 Å². The van der Waals surface area contributed by atoms with E-state index in [1.807, 2.05) is 18.7 Å². The van der Waals surface area contributed by atoms with Crippen molar-refractivity contribution >= 4 is 15.9 Å². The molecule has 0 fully saturated rings. The molecule has 1 aromatic heterocycles. The Morgan fingerprint density at radius 3 is 2.82 bits per heavy atom. The minimum Gasteiger partial charge on any atom is -0.337 e. The molecule has 3 heteroatoms. The Kier molecular flexibility index (Phi) is 4.28. The Morgan fingerprint density at radius 2 is 2.18 bits per heavy atom. The van der Waals surface area contributed by atoms with Crippen molar-refractivity contribution in [2.45, 2.75) is 25.8 Å². The predicted molar refractivity (Wildman–Crippen MR) is 49.9 cm³/mol. The summed E-state index contributed by atoms with van der Waals surface area (Å²) in [4.78, 5) is 3.97. The fraction of sp³-hybridized carbons (Fsp3) is 0.625. The van der Waals surface area contributed by atoms with E-state index < -0.39 is 0 Å². The topological polar surface area (TPSA) is 17.8 Å². The van der Waals surface area contributed by atoms with E-state index in [0.29, 0.717) is 0 Å². The van der Waals surface area contributed by atoms with Gasteiger partial charge in [0.1, 0.15) is 0 Å². The van der Waals surface area contributed by atoms with E-state index in [9.17, 15) is 0 Å². The van der Waals surface area contributed by atoms with E-state index >= 15 is 0 Å². The van der Waals surface area contributed by atoms with Crippen LogP contribution in [0.15, 0.2) is 18.7 Å². The van der Waals surface area contributed by atoms with Gasteiger partial charge in [0.25, 0.3) is 0 Å². The predicted octanol–water partition coefficient (Wildman–Crippen LogP) is 2.45. The van der Waals surface area contributed by atoms with Crippen LogP contribution in [0.25, 0.3) is 0 Å². The third-order valence-corrected chi connectivity index (χ3v) is 2.17. The average Bonchev–Trinajstić information content (AvgIpc) is 2.50. The summed E-state index contributed by atoms with van der Waals surface area (Å²) in [5.74, 6) is 0. The van der Waals surface area contributed by atoms with E-state index in [2.05, 4.69) is 25.5 Å². The van der Waals surface area contributed by atoms with Gasteiger partial charge in [-0.05, 0) is 12.8 Å². The van der Waals surface area contributed by atoms with Crippen molar-refractivity contribution in [3.8, 4) is 0 Å². The van der Waals surface area contributed by atoms with Crippen molar-refractivity contribution in [2.24, 2.45) is 0 Å². The van der Waals surface area contributed by atoms with Gasteiger partial charge in [-0.2, -0.15) is 0 Å². The Hall–Kier alpha value is -0.310. The molecule has 0 radical (unpaired) electrons. The highest BCUT2D eigenvalue weighted by atomic mass is 79.9. The fourth-order valence-electron chi connectivity index (χ4n) is 0.985. The van der Waals surface area contributed by atoms with Crippen LogP contribution in [0.3, 0.4) is 0 Å². The summed E-state index contributed by atoms with van der Waals surface area (Å²) < 4.78 is 2.12. The molecule has 62 valence electrons. The molecule has 0 saturated carbocycles. The second-order valence-corrected chi connectivity index (χ2v) is 3.34. The van der Waals surface area contributed by atoms with Crippen LogP contribution < -0.4 is 0 Å². The number of rotatable bonds is 5. The molecule has 0 spiro atoms. The van der Waals surface area contributed by atoms with E-state index in [4.69, 9.17) is 0 Å². The van der Waals surface area contributed by atoms with Gasteiger partial charge in [-0.15, -0.1) is 0 Å². The summed E-state index contributed by atoms with van der Waals surface area (Å²) in [6.07, 6.45) is 9.52. The van der Waals surface area contributed by atoms with E-state index in [1.165, 1.54) is 19.3 Å². The largest absolute Gasteiger partial charge is 0.337 e. The van der Waals surface area contributed by atoms with Crippen molar-refractivity contribution in [1.82, 2.24) is 9.55 Å². The van der Waals surface area contributed by atoms with Crippen molar-refractivity contribution < 1.29 is 0 Å². The summed E-state index contributed by atoms with van der Waals surface area (Å²) in [6, 6.07) is 0. The maximum absolute atomic E-state index is 3.97. The number of halogens is 1. The van der Waals surface area contributed by atoms with Crippen LogP contribution in [0.2, 0.25) is 0 Å². The zero-order valence-electron chi connectivity index (χ0n) is 6.54. The zero-order valence-corrected chi connectivity index (χ0v) is 8.13. The lowest BCUT2D eigenvalue weighted by molar-refractivity contribution is 0.605. The summed E-state index contributed by atoms with van der Waals surface area (Å²) in [6.45, 7) is 1.10. The van der Waals surface area contributed by atoms with Gasteiger partial charge in [0, 0.05) is 24.3 Å². The maximum Gasteiger partial charge on any atom is 0.0945 e.